The smallest absolute Gasteiger partial charge is 0.0959 e. The third-order valence-electron chi connectivity index (χ3n) is 2.94. The molecule has 1 fully saturated rings. The molecule has 0 heterocycles. The first-order valence-electron chi connectivity index (χ1n) is 5.63. The molecule has 0 amide bonds. The molecule has 0 aromatic rings. The molecular weight excluding hydrogens is 160 g/mol. The van der Waals surface area contributed by atoms with Crippen molar-refractivity contribution in [2.24, 2.45) is 0 Å². The molecule has 0 atom stereocenters. The third-order valence-corrected chi connectivity index (χ3v) is 2.94. The Labute approximate surface area is 81.8 Å². The Bertz CT molecular complexity index is 159. The number of nitrogens with zero attached hydrogens (tertiary/aromatic N) is 1. The summed E-state index contributed by atoms with van der Waals surface area (Å²) in [4.78, 5) is 2.30. The molecule has 1 rings (SSSR count). The van der Waals surface area contributed by atoms with E-state index in [0.29, 0.717) is 6.04 Å². The molecular formula is C11H22N2. The molecule has 1 N–H and O–H groups in total. The van der Waals surface area contributed by atoms with Crippen LogP contribution >= 0.6 is 0 Å². The van der Waals surface area contributed by atoms with Crippen LogP contribution in [0.15, 0.2) is 0 Å². The maximum Gasteiger partial charge on any atom is 0.0959 e. The quantitative estimate of drug-likeness (QED) is 0.525. The molecule has 1 aliphatic rings. The van der Waals surface area contributed by atoms with Crippen LogP contribution in [0.4, 0.5) is 0 Å². The first kappa shape index (κ1) is 10.6. The Kier molecular flexibility index (Phi) is 4.26. The fourth-order valence-corrected chi connectivity index (χ4v) is 2.27. The SMILES string of the molecule is CCCC(=N)N(CC)C1CCCC1. The number of hydrogen-bond donors (Lipinski definition) is 1. The summed E-state index contributed by atoms with van der Waals surface area (Å²) in [6.45, 7) is 5.34. The predicted octanol–water partition coefficient (Wildman–Crippen LogP) is 3.03. The normalized spacial score (nSPS) is 17.7. The Morgan fingerprint density at radius 3 is 2.38 bits per heavy atom. The summed E-state index contributed by atoms with van der Waals surface area (Å²) in [6.07, 6.45) is 7.38. The second kappa shape index (κ2) is 5.25. The summed E-state index contributed by atoms with van der Waals surface area (Å²) in [5.41, 5.74) is 0. The molecule has 0 unspecified atom stereocenters. The highest BCUT2D eigenvalue weighted by Crippen LogP contribution is 2.23. The second-order valence-corrected chi connectivity index (χ2v) is 3.92. The van der Waals surface area contributed by atoms with Gasteiger partial charge in [0.2, 0.25) is 0 Å². The van der Waals surface area contributed by atoms with E-state index < -0.39 is 0 Å². The maximum absolute atomic E-state index is 7.94. The number of hydrogen-bond acceptors (Lipinski definition) is 1. The zero-order chi connectivity index (χ0) is 9.68. The fraction of sp³-hybridized carbons (Fsp3) is 0.909. The Balaban J connectivity index is 2.44. The van der Waals surface area contributed by atoms with Gasteiger partial charge in [-0.2, -0.15) is 0 Å². The largest absolute Gasteiger partial charge is 0.358 e. The Morgan fingerprint density at radius 1 is 1.31 bits per heavy atom. The molecule has 76 valence electrons. The van der Waals surface area contributed by atoms with Crippen LogP contribution in [0.5, 0.6) is 0 Å². The van der Waals surface area contributed by atoms with Gasteiger partial charge in [-0.25, -0.2) is 0 Å². The highest BCUT2D eigenvalue weighted by atomic mass is 15.2. The molecule has 2 nitrogen and oxygen atoms in total. The van der Waals surface area contributed by atoms with E-state index in [4.69, 9.17) is 5.41 Å². The van der Waals surface area contributed by atoms with E-state index in [-0.39, 0.29) is 0 Å². The van der Waals surface area contributed by atoms with Crippen molar-refractivity contribution in [1.82, 2.24) is 4.90 Å². The van der Waals surface area contributed by atoms with E-state index in [1.54, 1.807) is 0 Å². The predicted molar refractivity (Wildman–Crippen MR) is 57.3 cm³/mol. The van der Waals surface area contributed by atoms with Crippen LogP contribution in [-0.2, 0) is 0 Å². The molecule has 0 aromatic carbocycles. The first-order chi connectivity index (χ1) is 6.29. The van der Waals surface area contributed by atoms with Crippen LogP contribution in [0.25, 0.3) is 0 Å². The van der Waals surface area contributed by atoms with Crippen LogP contribution in [-0.4, -0.2) is 23.3 Å². The molecule has 1 aliphatic carbocycles. The van der Waals surface area contributed by atoms with Crippen molar-refractivity contribution < 1.29 is 0 Å². The molecule has 0 spiro atoms. The monoisotopic (exact) mass is 182 g/mol. The number of rotatable bonds is 4. The van der Waals surface area contributed by atoms with Gasteiger partial charge >= 0.3 is 0 Å². The summed E-state index contributed by atoms with van der Waals surface area (Å²) in [5.74, 6) is 0.858. The standard InChI is InChI=1S/C11H22N2/c1-3-7-11(12)13(4-2)10-8-5-6-9-10/h10,12H,3-9H2,1-2H3. The zero-order valence-electron chi connectivity index (χ0n) is 8.97. The van der Waals surface area contributed by atoms with Crippen LogP contribution in [0, 0.1) is 5.41 Å². The highest BCUT2D eigenvalue weighted by Gasteiger charge is 2.22. The Morgan fingerprint density at radius 2 is 1.92 bits per heavy atom. The van der Waals surface area contributed by atoms with Crippen molar-refractivity contribution >= 4 is 5.84 Å². The van der Waals surface area contributed by atoms with Crippen molar-refractivity contribution in [2.75, 3.05) is 6.54 Å². The van der Waals surface area contributed by atoms with Crippen LogP contribution in [0.2, 0.25) is 0 Å². The van der Waals surface area contributed by atoms with Gasteiger partial charge < -0.3 is 4.90 Å². The molecule has 2 heteroatoms. The fourth-order valence-electron chi connectivity index (χ4n) is 2.27. The maximum atomic E-state index is 7.94. The second-order valence-electron chi connectivity index (χ2n) is 3.92. The minimum Gasteiger partial charge on any atom is -0.358 e. The van der Waals surface area contributed by atoms with Gasteiger partial charge in [0.25, 0.3) is 0 Å². The van der Waals surface area contributed by atoms with Crippen LogP contribution < -0.4 is 0 Å². The minimum absolute atomic E-state index is 0.684. The van der Waals surface area contributed by atoms with Crippen LogP contribution in [0.3, 0.4) is 0 Å². The van der Waals surface area contributed by atoms with Gasteiger partial charge in [-0.1, -0.05) is 19.8 Å². The molecule has 0 radical (unpaired) electrons. The van der Waals surface area contributed by atoms with Gasteiger partial charge in [0, 0.05) is 19.0 Å². The first-order valence-corrected chi connectivity index (χ1v) is 5.63. The summed E-state index contributed by atoms with van der Waals surface area (Å²) in [7, 11) is 0. The lowest BCUT2D eigenvalue weighted by Gasteiger charge is -2.30. The van der Waals surface area contributed by atoms with Gasteiger partial charge in [-0.15, -0.1) is 0 Å². The summed E-state index contributed by atoms with van der Waals surface area (Å²) in [6, 6.07) is 0.684. The van der Waals surface area contributed by atoms with E-state index >= 15 is 0 Å². The lowest BCUT2D eigenvalue weighted by Crippen LogP contribution is -2.37. The van der Waals surface area contributed by atoms with E-state index in [1.165, 1.54) is 25.7 Å². The average molecular weight is 182 g/mol. The summed E-state index contributed by atoms with van der Waals surface area (Å²) in [5, 5.41) is 7.94. The topological polar surface area (TPSA) is 27.1 Å². The van der Waals surface area contributed by atoms with Crippen molar-refractivity contribution in [3.05, 3.63) is 0 Å². The molecule has 0 bridgehead atoms. The van der Waals surface area contributed by atoms with Gasteiger partial charge in [-0.3, -0.25) is 5.41 Å². The molecule has 0 aromatic heterocycles. The zero-order valence-corrected chi connectivity index (χ0v) is 8.97. The van der Waals surface area contributed by atoms with Gasteiger partial charge in [0.15, 0.2) is 0 Å². The summed E-state index contributed by atoms with van der Waals surface area (Å²) >= 11 is 0. The molecule has 1 saturated carbocycles. The van der Waals surface area contributed by atoms with Crippen molar-refractivity contribution in [3.8, 4) is 0 Å². The highest BCUT2D eigenvalue weighted by molar-refractivity contribution is 5.79. The van der Waals surface area contributed by atoms with E-state index in [9.17, 15) is 0 Å². The van der Waals surface area contributed by atoms with Gasteiger partial charge in [-0.05, 0) is 26.2 Å². The van der Waals surface area contributed by atoms with Gasteiger partial charge in [0.1, 0.15) is 0 Å². The lowest BCUT2D eigenvalue weighted by molar-refractivity contribution is 0.320. The van der Waals surface area contributed by atoms with Crippen molar-refractivity contribution in [1.29, 1.82) is 5.41 Å². The minimum atomic E-state index is 0.684. The van der Waals surface area contributed by atoms with Crippen molar-refractivity contribution in [3.63, 3.8) is 0 Å². The number of amidine groups is 1. The Hall–Kier alpha value is -0.530. The van der Waals surface area contributed by atoms with E-state index in [0.717, 1.165) is 25.2 Å². The average Bonchev–Trinajstić information content (AvgIpc) is 2.59. The third kappa shape index (κ3) is 2.71. The van der Waals surface area contributed by atoms with Crippen molar-refractivity contribution in [2.45, 2.75) is 58.4 Å². The molecule has 0 aliphatic heterocycles. The molecule has 0 saturated heterocycles. The molecule has 13 heavy (non-hydrogen) atoms. The number of nitrogens with one attached hydrogen (secondary N) is 1. The van der Waals surface area contributed by atoms with Crippen LogP contribution in [0.1, 0.15) is 52.4 Å². The summed E-state index contributed by atoms with van der Waals surface area (Å²) < 4.78 is 0. The van der Waals surface area contributed by atoms with E-state index in [2.05, 4.69) is 18.7 Å². The lowest BCUT2D eigenvalue weighted by atomic mass is 10.2. The van der Waals surface area contributed by atoms with Gasteiger partial charge in [0.05, 0.1) is 5.84 Å². The van der Waals surface area contributed by atoms with E-state index in [1.807, 2.05) is 0 Å².